The van der Waals surface area contributed by atoms with Crippen LogP contribution in [0.15, 0.2) is 0 Å². The van der Waals surface area contributed by atoms with Gasteiger partial charge in [0.2, 0.25) is 0 Å². The quantitative estimate of drug-likeness (QED) is 0.315. The monoisotopic (exact) mass is 6080 g/mol. The molecule has 68 radical (unpaired) electrons. The Labute approximate surface area is 2150 Å². The fourth-order valence-corrected chi connectivity index (χ4v) is 0. The van der Waals surface area contributed by atoms with Crippen LogP contribution in [0.5, 0.6) is 0 Å². The minimum Gasteiger partial charge on any atom is -0.358 e. The van der Waals surface area contributed by atoms with E-state index >= 15 is 0 Å². The van der Waals surface area contributed by atoms with Gasteiger partial charge in [-0.25, -0.2) is 0 Å². The Hall–Kier alpha value is 75.1. The molecule has 70 heavy (non-hydrogen) atoms. The van der Waals surface area contributed by atoms with Crippen LogP contribution in [0, 0.1) is 14.9 Å². The van der Waals surface area contributed by atoms with Gasteiger partial charge in [0.15, 0.2) is 0 Å². The molecule has 0 heterocycles. The Morgan fingerprint density at radius 3 is 0.0286 bits per heavy atom. The molecule has 0 unspecified atom stereocenters. The zero-order valence-electron chi connectivity index (χ0n) is 41.3. The molecule has 0 saturated heterocycles. The molecule has 0 amide bonds. The van der Waals surface area contributed by atoms with Crippen molar-refractivity contribution in [2.24, 2.45) is 0 Å². The van der Waals surface area contributed by atoms with Crippen LogP contribution in [0.2, 0.25) is 0 Å². The number of rotatable bonds is 0. The molecule has 0 saturated carbocycles. The van der Waals surface area contributed by atoms with Crippen molar-refractivity contribution in [3.8, 4) is 0 Å². The Kier molecular flexibility index (Phi) is 3990. The Morgan fingerprint density at radius 2 is 0.0286 bits per heavy atom. The molecule has 0 rings (SSSR count). The van der Waals surface area contributed by atoms with Crippen LogP contribution < -0.4 is 0 Å². The van der Waals surface area contributed by atoms with Gasteiger partial charge in [0.1, 0.15) is 0 Å². The van der Waals surface area contributed by atoms with Crippen molar-refractivity contribution in [2.75, 3.05) is 0 Å². The van der Waals surface area contributed by atoms with E-state index < -0.39 is 0 Å². The minimum atomic E-state index is 0. The predicted octanol–water partition coefficient (Wildman–Crippen LogP) is 0.731. The fraction of sp³-hybridized carbons (Fsp3) is 0. The molecular weight excluding hydrogens is 6070 g/mol. The molecule has 0 aliphatic carbocycles. The molecule has 0 aliphatic rings. The van der Waals surface area contributed by atoms with Crippen molar-refractivity contribution in [1.29, 1.82) is 0 Å². The average Bonchev–Trinajstić information content (AvgIpc) is 0. The van der Waals surface area contributed by atoms with Gasteiger partial charge in [0.05, 0.1) is 0 Å². The molecule has 0 atom stereocenters. The van der Waals surface area contributed by atoms with E-state index in [2.05, 4.69) is 0 Å². The topological polar surface area (TPSA) is 0 Å². The van der Waals surface area contributed by atoms with Crippen molar-refractivity contribution in [3.63, 3.8) is 0 Å². The van der Waals surface area contributed by atoms with Gasteiger partial charge in [-0.05, 0) is 0 Å². The van der Waals surface area contributed by atoms with Crippen LogP contribution in [0.25, 0.3) is 0 Å². The number of hydrogen-bond donors (Lipinski definition) is 0. The van der Waals surface area contributed by atoms with Gasteiger partial charge < -0.3 is 14.9 Å². The molecule has 0 bridgehead atoms. The van der Waals surface area contributed by atoms with Crippen LogP contribution in [-0.4, -0.2) is 0 Å². The van der Waals surface area contributed by atoms with Crippen molar-refractivity contribution in [3.05, 3.63) is 14.9 Å². The SMILES string of the molecule is [CH3-].[CH3-].[Y].[Y].[Y].[Y].[Y].[Y].[Y].[Y].[Y].[Y].[Y].[Y].[Y].[Y].[Y].[Y].[Y].[Y].[Y].[Y].[Y].[Y].[Y].[Y].[Y].[Y].[Y].[Y].[Y].[Y].[Y].[Y].[Y].[Y].[Y].[Y].[Y].[Y].[Y].[Y].[Y].[Y].[Y].[Y].[Y].[Y].[Y].[Y].[Y].[Y].[Y].[Y].[Y].[Y].[Y].[Y].[Y].[Y].[Y].[Y].[Y].[Y].[Y].[Y].[Y].[Y].[Y].[Y]. The van der Waals surface area contributed by atoms with Gasteiger partial charge in [0.25, 0.3) is 0 Å². The van der Waals surface area contributed by atoms with Crippen molar-refractivity contribution < 1.29 is 2220 Å². The second-order valence-corrected chi connectivity index (χ2v) is 0. The molecule has 0 nitrogen and oxygen atoms in total. The van der Waals surface area contributed by atoms with E-state index in [0.717, 1.165) is 0 Å². The summed E-state index contributed by atoms with van der Waals surface area (Å²) in [7, 11) is 0. The molecule has 220 valence electrons. The minimum absolute atomic E-state index is 0. The van der Waals surface area contributed by atoms with E-state index in [4.69, 9.17) is 0 Å². The first-order valence-electron chi connectivity index (χ1n) is 0. The molecule has 0 aliphatic heterocycles. The zero-order chi connectivity index (χ0) is 0. The van der Waals surface area contributed by atoms with Gasteiger partial charge in [-0.2, -0.15) is 0 Å². The van der Waals surface area contributed by atoms with Crippen LogP contribution >= 0.6 is 0 Å². The van der Waals surface area contributed by atoms with Gasteiger partial charge in [0, 0.05) is 2220 Å². The molecule has 0 aromatic rings. The van der Waals surface area contributed by atoms with Crippen LogP contribution in [0.3, 0.4) is 0 Å². The third-order valence-electron chi connectivity index (χ3n) is 0. The zero-order valence-corrected chi connectivity index (χ0v) is 234. The van der Waals surface area contributed by atoms with Crippen molar-refractivity contribution in [1.82, 2.24) is 0 Å². The van der Waals surface area contributed by atoms with Gasteiger partial charge in [-0.1, -0.05) is 0 Å². The second kappa shape index (κ2) is 523. The van der Waals surface area contributed by atoms with Gasteiger partial charge in [-0.3, -0.25) is 0 Å². The van der Waals surface area contributed by atoms with Crippen molar-refractivity contribution in [2.45, 2.75) is 0 Å². The summed E-state index contributed by atoms with van der Waals surface area (Å²) in [6.45, 7) is 0. The Bertz CT molecular complexity index is 13.1. The van der Waals surface area contributed by atoms with E-state index in [0.29, 0.717) is 0 Å². The summed E-state index contributed by atoms with van der Waals surface area (Å²) in [6.07, 6.45) is 0. The molecular formula is C2H6Y68-2. The Morgan fingerprint density at radius 1 is 0.0286 bits per heavy atom. The Balaban J connectivity index is 0. The normalized spacial score (nSPS) is 0. The van der Waals surface area contributed by atoms with E-state index in [1.165, 1.54) is 0 Å². The first-order valence-corrected chi connectivity index (χ1v) is 0. The summed E-state index contributed by atoms with van der Waals surface area (Å²) in [4.78, 5) is 0. The van der Waals surface area contributed by atoms with Crippen molar-refractivity contribution >= 4 is 0 Å². The first-order chi connectivity index (χ1) is 0. The maximum atomic E-state index is 0. The summed E-state index contributed by atoms with van der Waals surface area (Å²) in [5, 5.41) is 0. The molecule has 0 fully saturated rings. The second-order valence-electron chi connectivity index (χ2n) is 0. The van der Waals surface area contributed by atoms with E-state index in [-0.39, 0.29) is 2240 Å². The summed E-state index contributed by atoms with van der Waals surface area (Å²) >= 11 is 0. The van der Waals surface area contributed by atoms with Gasteiger partial charge >= 0.3 is 0 Å². The average molecular weight is 6080 g/mol. The molecule has 0 spiro atoms. The maximum absolute atomic E-state index is 0. The number of hydrogen-bond acceptors (Lipinski definition) is 0. The fourth-order valence-electron chi connectivity index (χ4n) is 0. The predicted molar refractivity (Wildman–Crippen MR) is 12.8 cm³/mol. The molecule has 0 N–H and O–H groups in total. The van der Waals surface area contributed by atoms with Crippen LogP contribution in [0.1, 0.15) is 0 Å². The summed E-state index contributed by atoms with van der Waals surface area (Å²) in [6, 6.07) is 0. The molecule has 0 aromatic carbocycles. The smallest absolute Gasteiger partial charge is 0 e. The van der Waals surface area contributed by atoms with Crippen LogP contribution in [0.4, 0.5) is 0 Å². The summed E-state index contributed by atoms with van der Waals surface area (Å²) in [5.41, 5.74) is 0. The van der Waals surface area contributed by atoms with Crippen LogP contribution in [-0.2, 0) is 2220 Å². The van der Waals surface area contributed by atoms with E-state index in [1.54, 1.807) is 0 Å². The molecule has 0 aromatic heterocycles. The largest absolute Gasteiger partial charge is 0.358 e. The van der Waals surface area contributed by atoms with Gasteiger partial charge in [-0.15, -0.1) is 0 Å². The standard InChI is InChI=1S/2CH3.68Y/h2*1H3;;;;;;;;;;;;;;;;;;;;;;;;;;;;;;;;;;;;;;;;;;;;;;;;;;;;;;;;;;;;;;;;;;;;/q2*-1;;;;;;;;;;;;;;;;;;;;;;;;;;;;;;;;;;;;;;;;;;;;;;;;;;;;;;;;;;;;;;;;;;;;. The third-order valence-corrected chi connectivity index (χ3v) is 0. The third kappa shape index (κ3) is 512. The summed E-state index contributed by atoms with van der Waals surface area (Å²) in [5.74, 6) is 0. The van der Waals surface area contributed by atoms with E-state index in [1.807, 2.05) is 0 Å². The molecule has 68 heteroatoms. The maximum Gasteiger partial charge on any atom is 0 e. The summed E-state index contributed by atoms with van der Waals surface area (Å²) < 4.78 is 0. The first kappa shape index (κ1) is 534. The van der Waals surface area contributed by atoms with E-state index in [9.17, 15) is 0 Å².